The third-order valence-electron chi connectivity index (χ3n) is 3.59. The zero-order chi connectivity index (χ0) is 15.5. The lowest BCUT2D eigenvalue weighted by atomic mass is 10.2. The molecule has 112 valence electrons. The summed E-state index contributed by atoms with van der Waals surface area (Å²) in [6.45, 7) is 2.59. The van der Waals surface area contributed by atoms with E-state index in [1.807, 2.05) is 49.0 Å². The minimum atomic E-state index is -0.148. The van der Waals surface area contributed by atoms with Crippen LogP contribution < -0.4 is 5.32 Å². The molecule has 1 N–H and O–H groups in total. The van der Waals surface area contributed by atoms with E-state index < -0.39 is 0 Å². The quantitative estimate of drug-likeness (QED) is 0.802. The zero-order valence-electron chi connectivity index (χ0n) is 12.5. The SMILES string of the molecule is Cc1c(C(=O)Nc2cccc(Cn3ccnc3)c2)cnn1C. The third kappa shape index (κ3) is 2.90. The van der Waals surface area contributed by atoms with Gasteiger partial charge in [-0.05, 0) is 24.6 Å². The molecular weight excluding hydrogens is 278 g/mol. The number of benzene rings is 1. The van der Waals surface area contributed by atoms with Crippen molar-refractivity contribution < 1.29 is 4.79 Å². The normalized spacial score (nSPS) is 10.6. The average molecular weight is 295 g/mol. The highest BCUT2D eigenvalue weighted by molar-refractivity contribution is 6.04. The highest BCUT2D eigenvalue weighted by atomic mass is 16.1. The molecule has 6 nitrogen and oxygen atoms in total. The summed E-state index contributed by atoms with van der Waals surface area (Å²) in [7, 11) is 1.82. The fourth-order valence-electron chi connectivity index (χ4n) is 2.26. The van der Waals surface area contributed by atoms with Crippen molar-refractivity contribution in [1.82, 2.24) is 19.3 Å². The lowest BCUT2D eigenvalue weighted by Crippen LogP contribution is -2.13. The van der Waals surface area contributed by atoms with Gasteiger partial charge in [0.05, 0.1) is 18.1 Å². The number of carbonyl (C=O) groups excluding carboxylic acids is 1. The summed E-state index contributed by atoms with van der Waals surface area (Å²) in [5.74, 6) is -0.148. The van der Waals surface area contributed by atoms with E-state index in [0.717, 1.165) is 23.5 Å². The van der Waals surface area contributed by atoms with Crippen LogP contribution in [-0.4, -0.2) is 25.2 Å². The van der Waals surface area contributed by atoms with Crippen molar-refractivity contribution in [1.29, 1.82) is 0 Å². The fraction of sp³-hybridized carbons (Fsp3) is 0.188. The molecule has 1 aromatic carbocycles. The highest BCUT2D eigenvalue weighted by Gasteiger charge is 2.12. The predicted molar refractivity (Wildman–Crippen MR) is 83.7 cm³/mol. The minimum Gasteiger partial charge on any atom is -0.333 e. The number of nitrogens with one attached hydrogen (secondary N) is 1. The Labute approximate surface area is 128 Å². The predicted octanol–water partition coefficient (Wildman–Crippen LogP) is 2.23. The number of amides is 1. The number of imidazole rings is 1. The molecule has 2 heterocycles. The molecule has 0 unspecified atom stereocenters. The maximum absolute atomic E-state index is 12.3. The van der Waals surface area contributed by atoms with Gasteiger partial charge < -0.3 is 9.88 Å². The van der Waals surface area contributed by atoms with E-state index in [-0.39, 0.29) is 5.91 Å². The maximum Gasteiger partial charge on any atom is 0.259 e. The number of hydrogen-bond acceptors (Lipinski definition) is 3. The molecule has 0 saturated heterocycles. The molecule has 0 atom stereocenters. The summed E-state index contributed by atoms with van der Waals surface area (Å²) in [5, 5.41) is 7.01. The van der Waals surface area contributed by atoms with Crippen molar-refractivity contribution in [2.45, 2.75) is 13.5 Å². The minimum absolute atomic E-state index is 0.148. The van der Waals surface area contributed by atoms with Crippen LogP contribution in [0.4, 0.5) is 5.69 Å². The number of aryl methyl sites for hydroxylation is 1. The second kappa shape index (κ2) is 5.85. The first-order valence-corrected chi connectivity index (χ1v) is 6.98. The monoisotopic (exact) mass is 295 g/mol. The fourth-order valence-corrected chi connectivity index (χ4v) is 2.26. The van der Waals surface area contributed by atoms with Gasteiger partial charge >= 0.3 is 0 Å². The molecule has 3 aromatic rings. The van der Waals surface area contributed by atoms with Gasteiger partial charge in [0.25, 0.3) is 5.91 Å². The summed E-state index contributed by atoms with van der Waals surface area (Å²) in [5.41, 5.74) is 3.29. The molecule has 22 heavy (non-hydrogen) atoms. The molecule has 6 heteroatoms. The number of aromatic nitrogens is 4. The van der Waals surface area contributed by atoms with Crippen LogP contribution in [0, 0.1) is 6.92 Å². The zero-order valence-corrected chi connectivity index (χ0v) is 12.5. The van der Waals surface area contributed by atoms with Crippen molar-refractivity contribution in [3.8, 4) is 0 Å². The molecule has 0 aliphatic heterocycles. The Morgan fingerprint density at radius 2 is 2.23 bits per heavy atom. The summed E-state index contributed by atoms with van der Waals surface area (Å²) in [4.78, 5) is 16.3. The van der Waals surface area contributed by atoms with Gasteiger partial charge in [0.1, 0.15) is 0 Å². The number of nitrogens with zero attached hydrogens (tertiary/aromatic N) is 4. The standard InChI is InChI=1S/C16H17N5O/c1-12-15(9-18-20(12)2)16(22)19-14-5-3-4-13(8-14)10-21-7-6-17-11-21/h3-9,11H,10H2,1-2H3,(H,19,22). The lowest BCUT2D eigenvalue weighted by molar-refractivity contribution is 0.102. The third-order valence-corrected chi connectivity index (χ3v) is 3.59. The second-order valence-corrected chi connectivity index (χ2v) is 5.16. The maximum atomic E-state index is 12.3. The summed E-state index contributed by atoms with van der Waals surface area (Å²) in [6, 6.07) is 7.79. The molecule has 3 rings (SSSR count). The Balaban J connectivity index is 1.75. The van der Waals surface area contributed by atoms with Crippen LogP contribution >= 0.6 is 0 Å². The van der Waals surface area contributed by atoms with Crippen LogP contribution in [0.2, 0.25) is 0 Å². The highest BCUT2D eigenvalue weighted by Crippen LogP contribution is 2.14. The Morgan fingerprint density at radius 3 is 2.91 bits per heavy atom. The van der Waals surface area contributed by atoms with Gasteiger partial charge in [0.2, 0.25) is 0 Å². The first-order chi connectivity index (χ1) is 10.6. The summed E-state index contributed by atoms with van der Waals surface area (Å²) >= 11 is 0. The van der Waals surface area contributed by atoms with Crippen molar-refractivity contribution in [3.05, 3.63) is 66.0 Å². The first kappa shape index (κ1) is 14.1. The van der Waals surface area contributed by atoms with E-state index in [0.29, 0.717) is 5.56 Å². The molecule has 0 fully saturated rings. The van der Waals surface area contributed by atoms with Crippen molar-refractivity contribution in [3.63, 3.8) is 0 Å². The largest absolute Gasteiger partial charge is 0.333 e. The molecular formula is C16H17N5O. The van der Waals surface area contributed by atoms with Gasteiger partial charge in [-0.25, -0.2) is 4.98 Å². The van der Waals surface area contributed by atoms with E-state index in [4.69, 9.17) is 0 Å². The van der Waals surface area contributed by atoms with Crippen LogP contribution in [0.25, 0.3) is 0 Å². The lowest BCUT2D eigenvalue weighted by Gasteiger charge is -2.08. The number of carbonyl (C=O) groups is 1. The van der Waals surface area contributed by atoms with Gasteiger partial charge in [-0.3, -0.25) is 9.48 Å². The molecule has 0 radical (unpaired) electrons. The van der Waals surface area contributed by atoms with Crippen LogP contribution in [0.3, 0.4) is 0 Å². The van der Waals surface area contributed by atoms with Gasteiger partial charge in [-0.2, -0.15) is 5.10 Å². The molecule has 2 aromatic heterocycles. The smallest absolute Gasteiger partial charge is 0.259 e. The van der Waals surface area contributed by atoms with Crippen LogP contribution in [0.5, 0.6) is 0 Å². The van der Waals surface area contributed by atoms with Crippen LogP contribution in [0.1, 0.15) is 21.6 Å². The number of hydrogen-bond donors (Lipinski definition) is 1. The van der Waals surface area contributed by atoms with E-state index in [1.54, 1.807) is 23.4 Å². The van der Waals surface area contributed by atoms with E-state index in [9.17, 15) is 4.79 Å². The molecule has 0 bridgehead atoms. The van der Waals surface area contributed by atoms with Crippen molar-refractivity contribution in [2.75, 3.05) is 5.32 Å². The summed E-state index contributed by atoms with van der Waals surface area (Å²) < 4.78 is 3.66. The van der Waals surface area contributed by atoms with E-state index >= 15 is 0 Å². The molecule has 0 saturated carbocycles. The number of anilines is 1. The van der Waals surface area contributed by atoms with Gasteiger partial charge in [-0.1, -0.05) is 12.1 Å². The second-order valence-electron chi connectivity index (χ2n) is 5.16. The average Bonchev–Trinajstić information content (AvgIpc) is 3.11. The van der Waals surface area contributed by atoms with E-state index in [1.165, 1.54) is 0 Å². The molecule has 0 aliphatic rings. The Bertz CT molecular complexity index is 789. The Kier molecular flexibility index (Phi) is 3.74. The van der Waals surface area contributed by atoms with Gasteiger partial charge in [-0.15, -0.1) is 0 Å². The van der Waals surface area contributed by atoms with Crippen molar-refractivity contribution >= 4 is 11.6 Å². The summed E-state index contributed by atoms with van der Waals surface area (Å²) in [6.07, 6.45) is 7.01. The van der Waals surface area contributed by atoms with Gasteiger partial charge in [0, 0.05) is 37.4 Å². The van der Waals surface area contributed by atoms with Crippen LogP contribution in [-0.2, 0) is 13.6 Å². The molecule has 0 aliphatic carbocycles. The molecule has 0 spiro atoms. The van der Waals surface area contributed by atoms with Crippen molar-refractivity contribution in [2.24, 2.45) is 7.05 Å². The first-order valence-electron chi connectivity index (χ1n) is 6.98. The molecule has 1 amide bonds. The van der Waals surface area contributed by atoms with Crippen LogP contribution in [0.15, 0.2) is 49.2 Å². The Morgan fingerprint density at radius 1 is 1.36 bits per heavy atom. The Hall–Kier alpha value is -2.89. The van der Waals surface area contributed by atoms with Gasteiger partial charge in [0.15, 0.2) is 0 Å². The van der Waals surface area contributed by atoms with E-state index in [2.05, 4.69) is 15.4 Å². The topological polar surface area (TPSA) is 64.7 Å². The number of rotatable bonds is 4.